The van der Waals surface area contributed by atoms with Gasteiger partial charge in [0.15, 0.2) is 0 Å². The van der Waals surface area contributed by atoms with E-state index in [9.17, 15) is 23.3 Å². The Bertz CT molecular complexity index is 527. The first kappa shape index (κ1) is 14.4. The average Bonchev–Trinajstić information content (AvgIpc) is 2.20. The normalized spacial score (nSPS) is 10.8. The van der Waals surface area contributed by atoms with Crippen LogP contribution in [0.2, 0.25) is 0 Å². The maximum atomic E-state index is 12.1. The lowest BCUT2D eigenvalue weighted by atomic mass is 10.2. The number of ether oxygens (including phenoxy) is 1. The van der Waals surface area contributed by atoms with Gasteiger partial charge in [0.25, 0.3) is 0 Å². The van der Waals surface area contributed by atoms with Gasteiger partial charge in [0.2, 0.25) is 5.75 Å². The van der Waals surface area contributed by atoms with Crippen molar-refractivity contribution in [2.45, 2.75) is 12.8 Å². The van der Waals surface area contributed by atoms with Crippen LogP contribution in [0.4, 0.5) is 18.9 Å². The second-order valence-corrected chi connectivity index (χ2v) is 3.90. The Kier molecular flexibility index (Phi) is 4.28. The molecule has 0 bridgehead atoms. The summed E-state index contributed by atoms with van der Waals surface area (Å²) in [4.78, 5) is 13.3. The molecule has 0 aliphatic heterocycles. The van der Waals surface area contributed by atoms with Crippen molar-refractivity contribution >= 4 is 28.3 Å². The molecule has 0 N–H and O–H groups in total. The Morgan fingerprint density at radius 2 is 2.22 bits per heavy atom. The van der Waals surface area contributed by atoms with Gasteiger partial charge >= 0.3 is 12.0 Å². The summed E-state index contributed by atoms with van der Waals surface area (Å²) >= 11 is 1.59. The van der Waals surface area contributed by atoms with Gasteiger partial charge in [0.05, 0.1) is 29.2 Å². The van der Waals surface area contributed by atoms with Crippen LogP contribution >= 0.6 is 22.6 Å². The van der Waals surface area contributed by atoms with E-state index in [-0.39, 0.29) is 9.26 Å². The van der Waals surface area contributed by atoms with E-state index in [4.69, 9.17) is 5.26 Å². The molecule has 0 fully saturated rings. The maximum Gasteiger partial charge on any atom is 0.573 e. The standard InChI is InChI=1S/C8H3F3IN3O3/c9-8(10,11)18-5-3-14-7(12)4(1-2-13)6(5)15(16)17/h3H,1H2. The van der Waals surface area contributed by atoms with Crippen LogP contribution in [0.5, 0.6) is 5.75 Å². The van der Waals surface area contributed by atoms with Gasteiger partial charge in [-0.3, -0.25) is 10.1 Å². The Hall–Kier alpha value is -1.64. The third kappa shape index (κ3) is 3.42. The molecule has 0 aromatic carbocycles. The van der Waals surface area contributed by atoms with E-state index in [0.29, 0.717) is 6.20 Å². The van der Waals surface area contributed by atoms with E-state index in [1.54, 1.807) is 28.7 Å². The number of nitrogens with zero attached hydrogens (tertiary/aromatic N) is 3. The molecule has 0 saturated carbocycles. The van der Waals surface area contributed by atoms with Crippen molar-refractivity contribution in [3.63, 3.8) is 0 Å². The fraction of sp³-hybridized carbons (Fsp3) is 0.250. The van der Waals surface area contributed by atoms with Crippen molar-refractivity contribution in [1.29, 1.82) is 5.26 Å². The molecule has 0 spiro atoms. The highest BCUT2D eigenvalue weighted by Gasteiger charge is 2.36. The highest BCUT2D eigenvalue weighted by Crippen LogP contribution is 2.36. The average molecular weight is 373 g/mol. The maximum absolute atomic E-state index is 12.1. The smallest absolute Gasteiger partial charge is 0.397 e. The first-order valence-corrected chi connectivity index (χ1v) is 5.28. The van der Waals surface area contributed by atoms with Crippen LogP contribution in [0.1, 0.15) is 5.56 Å². The molecule has 18 heavy (non-hydrogen) atoms. The lowest BCUT2D eigenvalue weighted by Crippen LogP contribution is -2.19. The molecule has 0 atom stereocenters. The van der Waals surface area contributed by atoms with Gasteiger partial charge in [-0.05, 0) is 22.6 Å². The van der Waals surface area contributed by atoms with Crippen LogP contribution in [-0.2, 0) is 6.42 Å². The van der Waals surface area contributed by atoms with Crippen molar-refractivity contribution in [2.75, 3.05) is 0 Å². The molecular weight excluding hydrogens is 370 g/mol. The van der Waals surface area contributed by atoms with E-state index in [1.807, 2.05) is 0 Å². The molecular formula is C8H3F3IN3O3. The zero-order valence-electron chi connectivity index (χ0n) is 8.36. The molecule has 0 aliphatic rings. The molecule has 0 amide bonds. The fourth-order valence-electron chi connectivity index (χ4n) is 1.14. The fourth-order valence-corrected chi connectivity index (χ4v) is 1.72. The number of hydrogen-bond donors (Lipinski definition) is 0. The van der Waals surface area contributed by atoms with E-state index in [2.05, 4.69) is 9.72 Å². The molecule has 1 aromatic heterocycles. The molecule has 1 aromatic rings. The van der Waals surface area contributed by atoms with E-state index in [0.717, 1.165) is 0 Å². The summed E-state index contributed by atoms with van der Waals surface area (Å²) in [7, 11) is 0. The molecule has 10 heteroatoms. The number of nitriles is 1. The zero-order chi connectivity index (χ0) is 13.9. The topological polar surface area (TPSA) is 89.0 Å². The second kappa shape index (κ2) is 5.34. The number of nitro groups is 1. The van der Waals surface area contributed by atoms with Crippen molar-refractivity contribution in [3.8, 4) is 11.8 Å². The highest BCUT2D eigenvalue weighted by molar-refractivity contribution is 14.1. The number of hydrogen-bond acceptors (Lipinski definition) is 5. The van der Waals surface area contributed by atoms with Gasteiger partial charge in [-0.1, -0.05) is 0 Å². The predicted molar refractivity (Wildman–Crippen MR) is 59.6 cm³/mol. The third-order valence-corrected chi connectivity index (χ3v) is 2.66. The number of alkyl halides is 3. The monoisotopic (exact) mass is 373 g/mol. The lowest BCUT2D eigenvalue weighted by molar-refractivity contribution is -0.389. The van der Waals surface area contributed by atoms with E-state index < -0.39 is 29.1 Å². The predicted octanol–water partition coefficient (Wildman–Crippen LogP) is 2.56. The van der Waals surface area contributed by atoms with Crippen LogP contribution < -0.4 is 4.74 Å². The molecule has 0 radical (unpaired) electrons. The van der Waals surface area contributed by atoms with Gasteiger partial charge in [-0.15, -0.1) is 13.2 Å². The van der Waals surface area contributed by atoms with E-state index >= 15 is 0 Å². The molecule has 6 nitrogen and oxygen atoms in total. The summed E-state index contributed by atoms with van der Waals surface area (Å²) in [5.41, 5.74) is -1.10. The minimum absolute atomic E-state index is 0.0791. The molecule has 0 unspecified atom stereocenters. The van der Waals surface area contributed by atoms with Crippen molar-refractivity contribution < 1.29 is 22.8 Å². The summed E-state index contributed by atoms with van der Waals surface area (Å²) in [5, 5.41) is 19.3. The van der Waals surface area contributed by atoms with Crippen molar-refractivity contribution in [3.05, 3.63) is 25.6 Å². The van der Waals surface area contributed by atoms with Crippen LogP contribution in [0.25, 0.3) is 0 Å². The minimum atomic E-state index is -5.07. The van der Waals surface area contributed by atoms with Crippen LogP contribution in [0, 0.1) is 25.1 Å². The summed E-state index contributed by atoms with van der Waals surface area (Å²) in [5.74, 6) is -1.03. The summed E-state index contributed by atoms with van der Waals surface area (Å²) in [6.07, 6.45) is -4.89. The van der Waals surface area contributed by atoms with Crippen LogP contribution in [0.15, 0.2) is 6.20 Å². The summed E-state index contributed by atoms with van der Waals surface area (Å²) in [6, 6.07) is 1.62. The number of rotatable bonds is 3. The van der Waals surface area contributed by atoms with Crippen molar-refractivity contribution in [1.82, 2.24) is 4.98 Å². The van der Waals surface area contributed by atoms with Crippen LogP contribution in [0.3, 0.4) is 0 Å². The Labute approximate surface area is 112 Å². The molecule has 0 aliphatic carbocycles. The van der Waals surface area contributed by atoms with Gasteiger partial charge in [0, 0.05) is 0 Å². The molecule has 1 heterocycles. The number of halogens is 4. The van der Waals surface area contributed by atoms with E-state index in [1.165, 1.54) is 0 Å². The number of aromatic nitrogens is 1. The quantitative estimate of drug-likeness (QED) is 0.352. The van der Waals surface area contributed by atoms with Crippen molar-refractivity contribution in [2.24, 2.45) is 0 Å². The zero-order valence-corrected chi connectivity index (χ0v) is 10.5. The Morgan fingerprint density at radius 1 is 1.61 bits per heavy atom. The van der Waals surface area contributed by atoms with Gasteiger partial charge < -0.3 is 4.74 Å². The Balaban J connectivity index is 3.40. The molecule has 1 rings (SSSR count). The summed E-state index contributed by atoms with van der Waals surface area (Å²) in [6.45, 7) is 0. The summed E-state index contributed by atoms with van der Waals surface area (Å²) < 4.78 is 39.8. The first-order valence-electron chi connectivity index (χ1n) is 4.20. The van der Waals surface area contributed by atoms with Gasteiger partial charge in [0.1, 0.15) is 3.70 Å². The van der Waals surface area contributed by atoms with Gasteiger partial charge in [-0.2, -0.15) is 5.26 Å². The third-order valence-electron chi connectivity index (χ3n) is 1.73. The second-order valence-electron chi connectivity index (χ2n) is 2.88. The Morgan fingerprint density at radius 3 is 2.67 bits per heavy atom. The first-order chi connectivity index (χ1) is 8.26. The van der Waals surface area contributed by atoms with Crippen LogP contribution in [-0.4, -0.2) is 16.3 Å². The highest BCUT2D eigenvalue weighted by atomic mass is 127. The largest absolute Gasteiger partial charge is 0.573 e. The van der Waals surface area contributed by atoms with Gasteiger partial charge in [-0.25, -0.2) is 4.98 Å². The molecule has 96 valence electrons. The minimum Gasteiger partial charge on any atom is -0.397 e. The number of pyridine rings is 1. The lowest BCUT2D eigenvalue weighted by Gasteiger charge is -2.10. The SMILES string of the molecule is N#CCc1c(I)ncc(OC(F)(F)F)c1[N+](=O)[O-]. The molecule has 0 saturated heterocycles.